The molecule has 0 saturated carbocycles. The summed E-state index contributed by atoms with van der Waals surface area (Å²) in [7, 11) is 2.00. The third kappa shape index (κ3) is 3.90. The van der Waals surface area contributed by atoms with Crippen molar-refractivity contribution in [2.24, 2.45) is 0 Å². The molecule has 1 aromatic carbocycles. The molecule has 0 spiro atoms. The van der Waals surface area contributed by atoms with Crippen molar-refractivity contribution in [3.05, 3.63) is 46.5 Å². The number of hydrogen-bond acceptors (Lipinski definition) is 3. The average Bonchev–Trinajstić information content (AvgIpc) is 2.86. The van der Waals surface area contributed by atoms with E-state index in [9.17, 15) is 0 Å². The fourth-order valence-electron chi connectivity index (χ4n) is 2.30. The van der Waals surface area contributed by atoms with E-state index in [1.54, 1.807) is 6.33 Å². The molecule has 0 amide bonds. The second-order valence-electron chi connectivity index (χ2n) is 5.24. The molecule has 0 saturated heterocycles. The maximum atomic E-state index is 4.39. The first-order chi connectivity index (χ1) is 9.60. The molecule has 0 aliphatic heterocycles. The van der Waals surface area contributed by atoms with Gasteiger partial charge in [-0.2, -0.15) is 5.10 Å². The van der Waals surface area contributed by atoms with Gasteiger partial charge in [0.1, 0.15) is 12.2 Å². The lowest BCUT2D eigenvalue weighted by atomic mass is 10.0. The third-order valence-electron chi connectivity index (χ3n) is 3.34. The quantitative estimate of drug-likeness (QED) is 0.881. The van der Waals surface area contributed by atoms with Crippen LogP contribution in [0.25, 0.3) is 0 Å². The van der Waals surface area contributed by atoms with E-state index in [2.05, 4.69) is 63.4 Å². The van der Waals surface area contributed by atoms with Crippen molar-refractivity contribution in [3.8, 4) is 0 Å². The minimum Gasteiger partial charge on any atom is -0.316 e. The molecule has 0 radical (unpaired) electrons. The number of nitrogens with one attached hydrogen (secondary N) is 1. The summed E-state index contributed by atoms with van der Waals surface area (Å²) >= 11 is 3.52. The smallest absolute Gasteiger partial charge is 0.138 e. The van der Waals surface area contributed by atoms with Crippen LogP contribution in [0.4, 0.5) is 0 Å². The number of rotatable bonds is 6. The molecule has 0 fully saturated rings. The molecule has 1 aromatic heterocycles. The van der Waals surface area contributed by atoms with Gasteiger partial charge in [-0.25, -0.2) is 9.67 Å². The zero-order valence-electron chi connectivity index (χ0n) is 12.2. The van der Waals surface area contributed by atoms with Gasteiger partial charge in [-0.05, 0) is 45.0 Å². The summed E-state index contributed by atoms with van der Waals surface area (Å²) in [4.78, 5) is 4.39. The highest BCUT2D eigenvalue weighted by Crippen LogP contribution is 2.15. The molecule has 1 atom stereocenters. The van der Waals surface area contributed by atoms with Crippen LogP contribution in [0.5, 0.6) is 0 Å². The number of aromatic nitrogens is 3. The van der Waals surface area contributed by atoms with Crippen LogP contribution in [0.15, 0.2) is 35.1 Å². The monoisotopic (exact) mass is 336 g/mol. The molecular formula is C15H21BrN4. The molecule has 108 valence electrons. The van der Waals surface area contributed by atoms with E-state index < -0.39 is 0 Å². The fraction of sp³-hybridized carbons (Fsp3) is 0.467. The Morgan fingerprint density at radius 2 is 2.10 bits per heavy atom. The van der Waals surface area contributed by atoms with Crippen molar-refractivity contribution in [1.82, 2.24) is 20.1 Å². The van der Waals surface area contributed by atoms with Crippen molar-refractivity contribution in [3.63, 3.8) is 0 Å². The maximum absolute atomic E-state index is 4.39. The van der Waals surface area contributed by atoms with Crippen molar-refractivity contribution in [1.29, 1.82) is 0 Å². The lowest BCUT2D eigenvalue weighted by Gasteiger charge is -2.17. The van der Waals surface area contributed by atoms with E-state index in [0.29, 0.717) is 12.1 Å². The van der Waals surface area contributed by atoms with Crippen molar-refractivity contribution in [2.45, 2.75) is 38.8 Å². The molecule has 4 nitrogen and oxygen atoms in total. The highest BCUT2D eigenvalue weighted by Gasteiger charge is 2.14. The van der Waals surface area contributed by atoms with Gasteiger partial charge in [0.25, 0.3) is 0 Å². The number of halogens is 1. The van der Waals surface area contributed by atoms with E-state index >= 15 is 0 Å². The van der Waals surface area contributed by atoms with Crippen LogP contribution in [0.2, 0.25) is 0 Å². The largest absolute Gasteiger partial charge is 0.316 e. The zero-order chi connectivity index (χ0) is 14.5. The van der Waals surface area contributed by atoms with Crippen LogP contribution in [-0.4, -0.2) is 27.9 Å². The molecule has 1 N–H and O–H groups in total. The predicted molar refractivity (Wildman–Crippen MR) is 84.8 cm³/mol. The Balaban J connectivity index is 2.07. The molecule has 2 rings (SSSR count). The van der Waals surface area contributed by atoms with Gasteiger partial charge in [0, 0.05) is 23.0 Å². The fourth-order valence-corrected chi connectivity index (χ4v) is 2.74. The first-order valence-corrected chi connectivity index (χ1v) is 7.69. The van der Waals surface area contributed by atoms with Gasteiger partial charge in [-0.3, -0.25) is 0 Å². The van der Waals surface area contributed by atoms with Crippen molar-refractivity contribution < 1.29 is 0 Å². The van der Waals surface area contributed by atoms with Gasteiger partial charge in [-0.15, -0.1) is 0 Å². The van der Waals surface area contributed by atoms with Crippen LogP contribution in [-0.2, 0) is 12.8 Å². The summed E-state index contributed by atoms with van der Waals surface area (Å²) in [5.41, 5.74) is 1.31. The molecule has 20 heavy (non-hydrogen) atoms. The van der Waals surface area contributed by atoms with Gasteiger partial charge < -0.3 is 5.32 Å². The molecule has 0 bridgehead atoms. The van der Waals surface area contributed by atoms with E-state index in [-0.39, 0.29) is 0 Å². The van der Waals surface area contributed by atoms with Crippen LogP contribution < -0.4 is 5.32 Å². The summed E-state index contributed by atoms with van der Waals surface area (Å²) in [5, 5.41) is 7.67. The summed E-state index contributed by atoms with van der Waals surface area (Å²) < 4.78 is 3.11. The highest BCUT2D eigenvalue weighted by molar-refractivity contribution is 9.10. The lowest BCUT2D eigenvalue weighted by molar-refractivity contribution is 0.470. The molecular weight excluding hydrogens is 316 g/mol. The normalized spacial score (nSPS) is 12.8. The highest BCUT2D eigenvalue weighted by atomic mass is 79.9. The Kier molecular flexibility index (Phi) is 5.31. The first kappa shape index (κ1) is 15.2. The van der Waals surface area contributed by atoms with E-state index in [0.717, 1.165) is 23.1 Å². The topological polar surface area (TPSA) is 42.7 Å². The SMILES string of the molecule is CNC(Cc1cccc(Br)c1)Cc1ncnn1C(C)C. The number of likely N-dealkylation sites (N-methyl/N-ethyl adjacent to an activating group) is 1. The molecule has 0 aliphatic rings. The molecule has 1 heterocycles. The minimum atomic E-state index is 0.343. The minimum absolute atomic E-state index is 0.343. The second kappa shape index (κ2) is 6.99. The Labute approximate surface area is 128 Å². The Hall–Kier alpha value is -1.20. The molecule has 5 heteroatoms. The first-order valence-electron chi connectivity index (χ1n) is 6.90. The third-order valence-corrected chi connectivity index (χ3v) is 3.84. The maximum Gasteiger partial charge on any atom is 0.138 e. The Morgan fingerprint density at radius 1 is 1.30 bits per heavy atom. The van der Waals surface area contributed by atoms with Gasteiger partial charge in [0.15, 0.2) is 0 Å². The van der Waals surface area contributed by atoms with Crippen LogP contribution in [0.3, 0.4) is 0 Å². The van der Waals surface area contributed by atoms with Gasteiger partial charge in [-0.1, -0.05) is 28.1 Å². The average molecular weight is 337 g/mol. The summed E-state index contributed by atoms with van der Waals surface area (Å²) in [6.45, 7) is 4.25. The predicted octanol–water partition coefficient (Wildman–Crippen LogP) is 2.99. The van der Waals surface area contributed by atoms with Crippen molar-refractivity contribution >= 4 is 15.9 Å². The van der Waals surface area contributed by atoms with E-state index in [4.69, 9.17) is 0 Å². The lowest BCUT2D eigenvalue weighted by Crippen LogP contribution is -2.31. The van der Waals surface area contributed by atoms with Crippen LogP contribution in [0, 0.1) is 0 Å². The molecule has 1 unspecified atom stereocenters. The summed E-state index contributed by atoms with van der Waals surface area (Å²) in [6, 6.07) is 9.14. The standard InChI is InChI=1S/C15H21BrN4/c1-11(2)20-15(18-10-19-20)9-14(17-3)8-12-5-4-6-13(16)7-12/h4-7,10-11,14,17H,8-9H2,1-3H3. The zero-order valence-corrected chi connectivity index (χ0v) is 13.8. The molecule has 2 aromatic rings. The Bertz CT molecular complexity index is 550. The van der Waals surface area contributed by atoms with Gasteiger partial charge >= 0.3 is 0 Å². The molecule has 0 aliphatic carbocycles. The van der Waals surface area contributed by atoms with E-state index in [1.165, 1.54) is 5.56 Å². The number of benzene rings is 1. The van der Waals surface area contributed by atoms with E-state index in [1.807, 2.05) is 17.8 Å². The van der Waals surface area contributed by atoms with Crippen LogP contribution >= 0.6 is 15.9 Å². The number of nitrogens with zero attached hydrogens (tertiary/aromatic N) is 3. The Morgan fingerprint density at radius 3 is 2.75 bits per heavy atom. The second-order valence-corrected chi connectivity index (χ2v) is 6.15. The van der Waals surface area contributed by atoms with Crippen LogP contribution in [0.1, 0.15) is 31.3 Å². The van der Waals surface area contributed by atoms with Gasteiger partial charge in [0.05, 0.1) is 0 Å². The summed E-state index contributed by atoms with van der Waals surface area (Å²) in [6.07, 6.45) is 3.49. The van der Waals surface area contributed by atoms with Gasteiger partial charge in [0.2, 0.25) is 0 Å². The summed E-state index contributed by atoms with van der Waals surface area (Å²) in [5.74, 6) is 1.04. The number of hydrogen-bond donors (Lipinski definition) is 1. The van der Waals surface area contributed by atoms with Crippen molar-refractivity contribution in [2.75, 3.05) is 7.05 Å².